The topological polar surface area (TPSA) is 35.1 Å². The summed E-state index contributed by atoms with van der Waals surface area (Å²) in [6.07, 6.45) is 0. The van der Waals surface area contributed by atoms with E-state index in [4.69, 9.17) is 9.97 Å². The van der Waals surface area contributed by atoms with Gasteiger partial charge < -0.3 is 4.40 Å². The van der Waals surface area contributed by atoms with Crippen molar-refractivity contribution in [3.05, 3.63) is 170 Å². The SMILES string of the molecule is c1ccc(-c2ccc3ccc4nc(-n5c6cccc7c8cccc9c%10ccccc%10n(c%10cccc5c%10c76)c89)nc(-c5ccccc5)c4c3c2)cc1. The molecule has 12 rings (SSSR count). The first-order valence-corrected chi connectivity index (χ1v) is 17.8. The van der Waals surface area contributed by atoms with Crippen LogP contribution in [-0.2, 0) is 0 Å². The highest BCUT2D eigenvalue weighted by molar-refractivity contribution is 6.31. The number of hydrogen-bond acceptors (Lipinski definition) is 2. The number of nitrogens with zero attached hydrogens (tertiary/aromatic N) is 4. The highest BCUT2D eigenvalue weighted by Gasteiger charge is 2.24. The molecular formula is C48H28N4. The zero-order chi connectivity index (χ0) is 33.9. The third kappa shape index (κ3) is 3.65. The van der Waals surface area contributed by atoms with Crippen molar-refractivity contribution in [2.24, 2.45) is 0 Å². The first-order valence-electron chi connectivity index (χ1n) is 17.8. The minimum atomic E-state index is 0.663. The molecule has 8 aromatic carbocycles. The molecule has 4 aromatic heterocycles. The molecule has 0 aliphatic rings. The molecule has 0 saturated carbocycles. The molecular weight excluding hydrogens is 633 g/mol. The van der Waals surface area contributed by atoms with Gasteiger partial charge in [0.25, 0.3) is 0 Å². The van der Waals surface area contributed by atoms with E-state index in [1.807, 2.05) is 0 Å². The zero-order valence-corrected chi connectivity index (χ0v) is 28.0. The van der Waals surface area contributed by atoms with Crippen LogP contribution in [0.1, 0.15) is 0 Å². The summed E-state index contributed by atoms with van der Waals surface area (Å²) in [5.41, 5.74) is 11.1. The van der Waals surface area contributed by atoms with Crippen LogP contribution in [0.2, 0.25) is 0 Å². The molecule has 0 spiro atoms. The maximum Gasteiger partial charge on any atom is 0.235 e. The summed E-state index contributed by atoms with van der Waals surface area (Å²) in [6.45, 7) is 0. The lowest BCUT2D eigenvalue weighted by Gasteiger charge is -2.14. The fourth-order valence-corrected chi connectivity index (χ4v) is 8.86. The number of para-hydroxylation sites is 2. The molecule has 52 heavy (non-hydrogen) atoms. The van der Waals surface area contributed by atoms with Gasteiger partial charge in [-0.2, -0.15) is 0 Å². The lowest BCUT2D eigenvalue weighted by Crippen LogP contribution is -2.04. The molecule has 0 bridgehead atoms. The summed E-state index contributed by atoms with van der Waals surface area (Å²) < 4.78 is 4.75. The van der Waals surface area contributed by atoms with E-state index in [0.717, 1.165) is 44.0 Å². The Labute approximate surface area is 297 Å². The van der Waals surface area contributed by atoms with E-state index >= 15 is 0 Å². The van der Waals surface area contributed by atoms with Gasteiger partial charge in [-0.25, -0.2) is 9.97 Å². The maximum absolute atomic E-state index is 5.54. The van der Waals surface area contributed by atoms with E-state index in [9.17, 15) is 0 Å². The molecule has 4 heterocycles. The second-order valence-electron chi connectivity index (χ2n) is 13.8. The van der Waals surface area contributed by atoms with Gasteiger partial charge in [0.1, 0.15) is 0 Å². The lowest BCUT2D eigenvalue weighted by atomic mass is 9.96. The van der Waals surface area contributed by atoms with E-state index in [-0.39, 0.29) is 0 Å². The summed E-state index contributed by atoms with van der Waals surface area (Å²) in [4.78, 5) is 11.0. The van der Waals surface area contributed by atoms with Crippen LogP contribution in [0.4, 0.5) is 0 Å². The molecule has 4 heteroatoms. The number of aromatic nitrogens is 4. The monoisotopic (exact) mass is 660 g/mol. The van der Waals surface area contributed by atoms with Gasteiger partial charge >= 0.3 is 0 Å². The van der Waals surface area contributed by atoms with Crippen molar-refractivity contribution in [2.45, 2.75) is 0 Å². The minimum Gasteiger partial charge on any atom is -0.308 e. The maximum atomic E-state index is 5.54. The highest BCUT2D eigenvalue weighted by atomic mass is 15.2. The molecule has 0 amide bonds. The first kappa shape index (κ1) is 27.7. The summed E-state index contributed by atoms with van der Waals surface area (Å²) >= 11 is 0. The second kappa shape index (κ2) is 10.3. The Morgan fingerprint density at radius 3 is 1.83 bits per heavy atom. The van der Waals surface area contributed by atoms with Gasteiger partial charge in [0.15, 0.2) is 0 Å². The Balaban J connectivity index is 1.24. The largest absolute Gasteiger partial charge is 0.308 e. The van der Waals surface area contributed by atoms with Gasteiger partial charge in [-0.15, -0.1) is 0 Å². The predicted molar refractivity (Wildman–Crippen MR) is 217 cm³/mol. The highest BCUT2D eigenvalue weighted by Crippen LogP contribution is 2.44. The van der Waals surface area contributed by atoms with Crippen molar-refractivity contribution in [1.82, 2.24) is 18.9 Å². The average molecular weight is 661 g/mol. The molecule has 0 fully saturated rings. The summed E-state index contributed by atoms with van der Waals surface area (Å²) in [7, 11) is 0. The van der Waals surface area contributed by atoms with Crippen LogP contribution in [0.5, 0.6) is 0 Å². The van der Waals surface area contributed by atoms with Crippen LogP contribution in [0.3, 0.4) is 0 Å². The third-order valence-corrected chi connectivity index (χ3v) is 11.0. The van der Waals surface area contributed by atoms with E-state index in [2.05, 4.69) is 179 Å². The van der Waals surface area contributed by atoms with E-state index in [1.165, 1.54) is 60.0 Å². The smallest absolute Gasteiger partial charge is 0.235 e. The standard InChI is InChI=1S/C48H28N4/c1-3-12-29(13-4-1)32-25-24-30-26-27-38-43(37(30)28-32)46(31-14-5-2-6-15-31)50-48(49-38)52-40-21-10-17-34-36-19-9-18-35-33-16-7-8-20-39(33)51(47(35)36)41-22-11-23-42(52)45(41)44(34)40/h1-28H. The molecule has 0 atom stereocenters. The van der Waals surface area contributed by atoms with Crippen LogP contribution < -0.4 is 0 Å². The molecule has 12 aromatic rings. The number of hydrogen-bond donors (Lipinski definition) is 0. The van der Waals surface area contributed by atoms with Gasteiger partial charge in [-0.05, 0) is 63.7 Å². The third-order valence-electron chi connectivity index (χ3n) is 11.0. The van der Waals surface area contributed by atoms with Gasteiger partial charge in [-0.3, -0.25) is 4.57 Å². The van der Waals surface area contributed by atoms with Crippen LogP contribution >= 0.6 is 0 Å². The molecule has 0 unspecified atom stereocenters. The van der Waals surface area contributed by atoms with E-state index < -0.39 is 0 Å². The average Bonchev–Trinajstić information content (AvgIpc) is 3.70. The summed E-state index contributed by atoms with van der Waals surface area (Å²) in [6, 6.07) is 61.1. The number of rotatable bonds is 3. The zero-order valence-electron chi connectivity index (χ0n) is 28.0. The van der Waals surface area contributed by atoms with Crippen molar-refractivity contribution in [1.29, 1.82) is 0 Å². The summed E-state index contributed by atoms with van der Waals surface area (Å²) in [5, 5.41) is 10.8. The number of fused-ring (bicyclic) bond motifs is 8. The van der Waals surface area contributed by atoms with Crippen molar-refractivity contribution in [3.8, 4) is 28.3 Å². The molecule has 4 nitrogen and oxygen atoms in total. The van der Waals surface area contributed by atoms with Gasteiger partial charge in [0.2, 0.25) is 5.95 Å². The van der Waals surface area contributed by atoms with Crippen molar-refractivity contribution in [3.63, 3.8) is 0 Å². The lowest BCUT2D eigenvalue weighted by molar-refractivity contribution is 1.01. The normalized spacial score (nSPS) is 12.2. The molecule has 0 radical (unpaired) electrons. The summed E-state index contributed by atoms with van der Waals surface area (Å²) in [5.74, 6) is 0.663. The van der Waals surface area contributed by atoms with E-state index in [0.29, 0.717) is 5.95 Å². The van der Waals surface area contributed by atoms with Gasteiger partial charge in [0, 0.05) is 37.9 Å². The van der Waals surface area contributed by atoms with Crippen LogP contribution in [-0.4, -0.2) is 18.9 Å². The number of benzene rings is 8. The van der Waals surface area contributed by atoms with Crippen molar-refractivity contribution >= 4 is 81.6 Å². The Morgan fingerprint density at radius 2 is 0.981 bits per heavy atom. The van der Waals surface area contributed by atoms with Crippen molar-refractivity contribution < 1.29 is 0 Å². The van der Waals surface area contributed by atoms with Crippen LogP contribution in [0.15, 0.2) is 170 Å². The fraction of sp³-hybridized carbons (Fsp3) is 0. The Kier molecular flexibility index (Phi) is 5.47. The molecule has 0 saturated heterocycles. The second-order valence-corrected chi connectivity index (χ2v) is 13.8. The first-order chi connectivity index (χ1) is 25.8. The Hall–Kier alpha value is -7.04. The molecule has 240 valence electrons. The Bertz CT molecular complexity index is 3390. The molecule has 0 aliphatic carbocycles. The van der Waals surface area contributed by atoms with Crippen LogP contribution in [0.25, 0.3) is 110 Å². The minimum absolute atomic E-state index is 0.663. The van der Waals surface area contributed by atoms with Crippen LogP contribution in [0, 0.1) is 0 Å². The van der Waals surface area contributed by atoms with E-state index in [1.54, 1.807) is 0 Å². The fourth-order valence-electron chi connectivity index (χ4n) is 8.86. The molecule has 0 N–H and O–H groups in total. The van der Waals surface area contributed by atoms with Gasteiger partial charge in [-0.1, -0.05) is 133 Å². The van der Waals surface area contributed by atoms with Crippen molar-refractivity contribution in [2.75, 3.05) is 0 Å². The van der Waals surface area contributed by atoms with Gasteiger partial charge in [0.05, 0.1) is 38.8 Å². The predicted octanol–water partition coefficient (Wildman–Crippen LogP) is 12.4. The quantitative estimate of drug-likeness (QED) is 0.177. The molecule has 0 aliphatic heterocycles. The Morgan fingerprint density at radius 1 is 0.365 bits per heavy atom.